The number of carbonyl (C=O) groups is 2. The third kappa shape index (κ3) is 4.66. The molecule has 0 bridgehead atoms. The standard InChI is InChI=1S/C28H27NO5/c1-3-17-34-23-15-11-21(12-16-23)26(30)24-25(20-9-13-22(33-2)14-10-20)29(28(32)27(24)31)18-19-7-5-4-6-8-19/h4-16,25,30H,3,17-18H2,1-2H3/b26-24+. The van der Waals surface area contributed by atoms with Crippen molar-refractivity contribution in [2.24, 2.45) is 0 Å². The number of ketones is 1. The molecule has 0 radical (unpaired) electrons. The van der Waals surface area contributed by atoms with Crippen molar-refractivity contribution in [1.29, 1.82) is 0 Å². The summed E-state index contributed by atoms with van der Waals surface area (Å²) in [4.78, 5) is 27.8. The molecule has 1 N–H and O–H groups in total. The minimum atomic E-state index is -0.734. The van der Waals surface area contributed by atoms with E-state index in [0.29, 0.717) is 29.2 Å². The van der Waals surface area contributed by atoms with Gasteiger partial charge in [0.1, 0.15) is 17.3 Å². The van der Waals surface area contributed by atoms with Crippen LogP contribution in [0.4, 0.5) is 0 Å². The maximum absolute atomic E-state index is 13.2. The predicted molar refractivity (Wildman–Crippen MR) is 130 cm³/mol. The molecule has 1 heterocycles. The van der Waals surface area contributed by atoms with Gasteiger partial charge < -0.3 is 19.5 Å². The van der Waals surface area contributed by atoms with Gasteiger partial charge >= 0.3 is 0 Å². The molecule has 0 spiro atoms. The highest BCUT2D eigenvalue weighted by atomic mass is 16.5. The first-order valence-corrected chi connectivity index (χ1v) is 11.2. The number of amides is 1. The SMILES string of the molecule is CCCOc1ccc(/C(O)=C2\C(=O)C(=O)N(Cc3ccccc3)C2c2ccc(OC)cc2)cc1. The number of Topliss-reactive ketones (excluding diaryl/α,β-unsaturated/α-hetero) is 1. The third-order valence-electron chi connectivity index (χ3n) is 5.77. The van der Waals surface area contributed by atoms with E-state index < -0.39 is 17.7 Å². The number of carbonyl (C=O) groups excluding carboxylic acids is 2. The van der Waals surface area contributed by atoms with Gasteiger partial charge in [-0.05, 0) is 53.9 Å². The molecule has 3 aromatic carbocycles. The Morgan fingerprint density at radius 2 is 1.56 bits per heavy atom. The van der Waals surface area contributed by atoms with Gasteiger partial charge in [0.25, 0.3) is 11.7 Å². The van der Waals surface area contributed by atoms with Gasteiger partial charge in [0, 0.05) is 12.1 Å². The maximum atomic E-state index is 13.2. The topological polar surface area (TPSA) is 76.1 Å². The van der Waals surface area contributed by atoms with E-state index in [1.54, 1.807) is 43.5 Å². The van der Waals surface area contributed by atoms with Crippen molar-refractivity contribution in [2.45, 2.75) is 25.9 Å². The Bertz CT molecular complexity index is 1180. The molecule has 3 aromatic rings. The Balaban J connectivity index is 1.78. The Kier molecular flexibility index (Phi) is 6.97. The van der Waals surface area contributed by atoms with Gasteiger partial charge in [-0.3, -0.25) is 9.59 Å². The minimum absolute atomic E-state index is 0.0633. The number of aliphatic hydroxyl groups is 1. The average Bonchev–Trinajstić information content (AvgIpc) is 3.13. The lowest BCUT2D eigenvalue weighted by atomic mass is 9.95. The van der Waals surface area contributed by atoms with Crippen LogP contribution < -0.4 is 9.47 Å². The summed E-state index contributed by atoms with van der Waals surface area (Å²) in [5, 5.41) is 11.2. The molecule has 1 amide bonds. The highest BCUT2D eigenvalue weighted by Gasteiger charge is 2.46. The van der Waals surface area contributed by atoms with Crippen molar-refractivity contribution in [3.05, 3.63) is 101 Å². The number of aliphatic hydroxyl groups excluding tert-OH is 1. The fraction of sp³-hybridized carbons (Fsp3) is 0.214. The molecule has 0 aromatic heterocycles. The summed E-state index contributed by atoms with van der Waals surface area (Å²) in [6.45, 7) is 2.85. The molecule has 1 unspecified atom stereocenters. The molecule has 1 saturated heterocycles. The summed E-state index contributed by atoms with van der Waals surface area (Å²) >= 11 is 0. The lowest BCUT2D eigenvalue weighted by molar-refractivity contribution is -0.140. The van der Waals surface area contributed by atoms with Crippen molar-refractivity contribution >= 4 is 17.4 Å². The first kappa shape index (κ1) is 23.1. The van der Waals surface area contributed by atoms with Crippen molar-refractivity contribution in [1.82, 2.24) is 4.90 Å². The fourth-order valence-electron chi connectivity index (χ4n) is 4.04. The first-order chi connectivity index (χ1) is 16.5. The smallest absolute Gasteiger partial charge is 0.295 e. The maximum Gasteiger partial charge on any atom is 0.295 e. The van der Waals surface area contributed by atoms with Gasteiger partial charge in [0.05, 0.1) is 25.3 Å². The number of hydrogen-bond acceptors (Lipinski definition) is 5. The average molecular weight is 458 g/mol. The molecule has 6 heteroatoms. The van der Waals surface area contributed by atoms with Gasteiger partial charge in [-0.1, -0.05) is 49.4 Å². The van der Waals surface area contributed by atoms with Crippen LogP contribution in [-0.2, 0) is 16.1 Å². The van der Waals surface area contributed by atoms with E-state index in [2.05, 4.69) is 0 Å². The first-order valence-electron chi connectivity index (χ1n) is 11.2. The van der Waals surface area contributed by atoms with Gasteiger partial charge in [-0.25, -0.2) is 0 Å². The summed E-state index contributed by atoms with van der Waals surface area (Å²) in [6.07, 6.45) is 0.883. The summed E-state index contributed by atoms with van der Waals surface area (Å²) in [5.74, 6) is -0.229. The van der Waals surface area contributed by atoms with E-state index in [-0.39, 0.29) is 17.9 Å². The zero-order valence-corrected chi connectivity index (χ0v) is 19.2. The van der Waals surface area contributed by atoms with Crippen molar-refractivity contribution in [3.8, 4) is 11.5 Å². The van der Waals surface area contributed by atoms with E-state index in [9.17, 15) is 14.7 Å². The molecule has 1 aliphatic rings. The second-order valence-corrected chi connectivity index (χ2v) is 8.06. The normalized spacial score (nSPS) is 17.1. The third-order valence-corrected chi connectivity index (χ3v) is 5.77. The molecule has 174 valence electrons. The summed E-state index contributed by atoms with van der Waals surface area (Å²) < 4.78 is 10.9. The molecule has 1 aliphatic heterocycles. The van der Waals surface area contributed by atoms with Crippen molar-refractivity contribution < 1.29 is 24.2 Å². The largest absolute Gasteiger partial charge is 0.507 e. The number of ether oxygens (including phenoxy) is 2. The van der Waals surface area contributed by atoms with Crippen LogP contribution in [0.5, 0.6) is 11.5 Å². The summed E-state index contributed by atoms with van der Waals surface area (Å²) in [7, 11) is 1.57. The van der Waals surface area contributed by atoms with E-state index in [1.165, 1.54) is 4.90 Å². The molecule has 34 heavy (non-hydrogen) atoms. The van der Waals surface area contributed by atoms with Gasteiger partial charge in [-0.2, -0.15) is 0 Å². The zero-order chi connectivity index (χ0) is 24.1. The molecule has 4 rings (SSSR count). The van der Waals surface area contributed by atoms with Crippen LogP contribution in [0, 0.1) is 0 Å². The van der Waals surface area contributed by atoms with Crippen molar-refractivity contribution in [3.63, 3.8) is 0 Å². The fourth-order valence-corrected chi connectivity index (χ4v) is 4.04. The number of rotatable bonds is 8. The molecule has 1 atom stereocenters. The zero-order valence-electron chi connectivity index (χ0n) is 19.2. The number of likely N-dealkylation sites (tertiary alicyclic amines) is 1. The summed E-state index contributed by atoms with van der Waals surface area (Å²) in [6, 6.07) is 22.8. The van der Waals surface area contributed by atoms with Gasteiger partial charge in [0.15, 0.2) is 0 Å². The minimum Gasteiger partial charge on any atom is -0.507 e. The highest BCUT2D eigenvalue weighted by molar-refractivity contribution is 6.46. The van der Waals surface area contributed by atoms with Crippen LogP contribution in [0.25, 0.3) is 5.76 Å². The quantitative estimate of drug-likeness (QED) is 0.289. The number of hydrogen-bond donors (Lipinski definition) is 1. The number of methoxy groups -OCH3 is 1. The lowest BCUT2D eigenvalue weighted by Crippen LogP contribution is -2.29. The van der Waals surface area contributed by atoms with Crippen LogP contribution in [0.2, 0.25) is 0 Å². The lowest BCUT2D eigenvalue weighted by Gasteiger charge is -2.25. The predicted octanol–water partition coefficient (Wildman–Crippen LogP) is 5.11. The molecule has 0 aliphatic carbocycles. The molecular formula is C28H27NO5. The van der Waals surface area contributed by atoms with Gasteiger partial charge in [0.2, 0.25) is 0 Å². The van der Waals surface area contributed by atoms with E-state index in [1.807, 2.05) is 49.4 Å². The molecule has 6 nitrogen and oxygen atoms in total. The van der Waals surface area contributed by atoms with Crippen LogP contribution in [0.3, 0.4) is 0 Å². The Labute approximate surface area is 199 Å². The van der Waals surface area contributed by atoms with Gasteiger partial charge in [-0.15, -0.1) is 0 Å². The second-order valence-electron chi connectivity index (χ2n) is 8.06. The van der Waals surface area contributed by atoms with E-state index >= 15 is 0 Å². The Morgan fingerprint density at radius 3 is 2.18 bits per heavy atom. The highest BCUT2D eigenvalue weighted by Crippen LogP contribution is 2.40. The molecule has 1 fully saturated rings. The van der Waals surface area contributed by atoms with Crippen LogP contribution >= 0.6 is 0 Å². The van der Waals surface area contributed by atoms with Crippen LogP contribution in [0.15, 0.2) is 84.4 Å². The monoisotopic (exact) mass is 457 g/mol. The van der Waals surface area contributed by atoms with Crippen LogP contribution in [-0.4, -0.2) is 35.4 Å². The molecule has 0 saturated carbocycles. The van der Waals surface area contributed by atoms with E-state index in [0.717, 1.165) is 12.0 Å². The Morgan fingerprint density at radius 1 is 0.912 bits per heavy atom. The Hall–Kier alpha value is -4.06. The second kappa shape index (κ2) is 10.3. The molecular weight excluding hydrogens is 430 g/mol. The van der Waals surface area contributed by atoms with Crippen molar-refractivity contribution in [2.75, 3.05) is 13.7 Å². The summed E-state index contributed by atoms with van der Waals surface area (Å²) in [5.41, 5.74) is 2.11. The van der Waals surface area contributed by atoms with E-state index in [4.69, 9.17) is 9.47 Å². The van der Waals surface area contributed by atoms with Crippen LogP contribution in [0.1, 0.15) is 36.1 Å². The number of benzene rings is 3. The number of nitrogens with zero attached hydrogens (tertiary/aromatic N) is 1.